The fraction of sp³-hybridized carbons (Fsp3) is 1.00. The van der Waals surface area contributed by atoms with Crippen LogP contribution in [0.2, 0.25) is 0 Å². The third-order valence-corrected chi connectivity index (χ3v) is 5.01. The smallest absolute Gasteiger partial charge is 0.265 e. The lowest BCUT2D eigenvalue weighted by atomic mass is 10.9. The van der Waals surface area contributed by atoms with E-state index in [1.807, 2.05) is 0 Å². The minimum Gasteiger partial charge on any atom is -0.265 e. The molecule has 0 heterocycles. The van der Waals surface area contributed by atoms with Gasteiger partial charge in [0.15, 0.2) is 0 Å². The predicted octanol–water partition coefficient (Wildman–Crippen LogP) is 2.38. The van der Waals surface area contributed by atoms with Crippen LogP contribution in [0.4, 0.5) is 0 Å². The molecule has 0 amide bonds. The maximum Gasteiger partial charge on any atom is 0.284 e. The van der Waals surface area contributed by atoms with Crippen LogP contribution in [0.15, 0.2) is 0 Å². The fourth-order valence-electron chi connectivity index (χ4n) is 0.558. The van der Waals surface area contributed by atoms with E-state index in [1.54, 1.807) is 0 Å². The summed E-state index contributed by atoms with van der Waals surface area (Å²) in [6.45, 7) is -1.72. The Hall–Kier alpha value is 1.56. The van der Waals surface area contributed by atoms with Crippen molar-refractivity contribution >= 4 is 89.8 Å². The van der Waals surface area contributed by atoms with Gasteiger partial charge in [-0.3, -0.25) is 8.37 Å². The first-order chi connectivity index (χ1) is 8.12. The summed E-state index contributed by atoms with van der Waals surface area (Å²) >= 11 is 31.4. The van der Waals surface area contributed by atoms with Gasteiger partial charge in [-0.25, -0.2) is 0 Å². The van der Waals surface area contributed by atoms with Crippen molar-refractivity contribution in [1.82, 2.24) is 0 Å². The Balaban J connectivity index is 4.57. The number of halogens is 6. The van der Waals surface area contributed by atoms with Gasteiger partial charge in [0.2, 0.25) is 12.7 Å². The molecule has 0 saturated carbocycles. The number of hydrogen-bond acceptors (Lipinski definition) is 6. The highest BCUT2D eigenvalue weighted by molar-refractivity contribution is 8.03. The van der Waals surface area contributed by atoms with Crippen LogP contribution in [0.3, 0.4) is 0 Å². The Morgan fingerprint density at radius 2 is 0.947 bits per heavy atom. The van der Waals surface area contributed by atoms with Gasteiger partial charge in [-0.1, -0.05) is 69.6 Å². The van der Waals surface area contributed by atoms with Gasteiger partial charge in [0.1, 0.15) is 13.2 Å². The molecule has 0 bridgehead atoms. The second-order valence-electron chi connectivity index (χ2n) is 2.99. The molecular formula is C5H6Cl6O6S2. The summed E-state index contributed by atoms with van der Waals surface area (Å²) in [5.41, 5.74) is 0. The quantitative estimate of drug-likeness (QED) is 0.467. The van der Waals surface area contributed by atoms with E-state index < -0.39 is 46.1 Å². The molecule has 0 rings (SSSR count). The van der Waals surface area contributed by atoms with Crippen molar-refractivity contribution < 1.29 is 25.2 Å². The summed E-state index contributed by atoms with van der Waals surface area (Å²) in [5, 5.41) is -1.51. The number of rotatable bonds is 6. The Morgan fingerprint density at radius 3 is 1.16 bits per heavy atom. The molecule has 0 fully saturated rings. The van der Waals surface area contributed by atoms with Crippen LogP contribution >= 0.6 is 69.6 Å². The standard InChI is InChI=1S/C5H6Cl6O6S2/c6-4(7,8)1-16-18(12,13)3-19(14,15)17-2-5(9,10)11/h1-3H2. The second kappa shape index (κ2) is 7.21. The summed E-state index contributed by atoms with van der Waals surface area (Å²) in [6.07, 6.45) is 0. The van der Waals surface area contributed by atoms with Gasteiger partial charge in [0.05, 0.1) is 0 Å². The van der Waals surface area contributed by atoms with Gasteiger partial charge in [0.25, 0.3) is 20.2 Å². The second-order valence-corrected chi connectivity index (χ2v) is 11.7. The predicted molar refractivity (Wildman–Crippen MR) is 75.2 cm³/mol. The highest BCUT2D eigenvalue weighted by Crippen LogP contribution is 2.28. The fourth-order valence-corrected chi connectivity index (χ4v) is 3.94. The molecule has 0 atom stereocenters. The molecule has 0 radical (unpaired) electrons. The van der Waals surface area contributed by atoms with Crippen LogP contribution in [-0.2, 0) is 28.6 Å². The number of alkyl halides is 6. The Labute approximate surface area is 140 Å². The van der Waals surface area contributed by atoms with Crippen molar-refractivity contribution in [2.75, 3.05) is 18.3 Å². The van der Waals surface area contributed by atoms with E-state index in [1.165, 1.54) is 0 Å². The van der Waals surface area contributed by atoms with Gasteiger partial charge in [-0.15, -0.1) is 0 Å². The van der Waals surface area contributed by atoms with Gasteiger partial charge in [-0.2, -0.15) is 16.8 Å². The van der Waals surface area contributed by atoms with Gasteiger partial charge in [-0.05, 0) is 0 Å². The Morgan fingerprint density at radius 1 is 0.684 bits per heavy atom. The lowest BCUT2D eigenvalue weighted by molar-refractivity contribution is 0.317. The maximum atomic E-state index is 11.3. The molecule has 0 aliphatic heterocycles. The van der Waals surface area contributed by atoms with Gasteiger partial charge >= 0.3 is 0 Å². The van der Waals surface area contributed by atoms with Crippen molar-refractivity contribution in [1.29, 1.82) is 0 Å². The van der Waals surface area contributed by atoms with Gasteiger partial charge < -0.3 is 0 Å². The molecule has 0 saturated heterocycles. The molecule has 0 spiro atoms. The zero-order chi connectivity index (χ0) is 15.5. The SMILES string of the molecule is O=S(=O)(CS(=O)(=O)OCC(Cl)(Cl)Cl)OCC(Cl)(Cl)Cl. The van der Waals surface area contributed by atoms with Crippen molar-refractivity contribution in [3.8, 4) is 0 Å². The average Bonchev–Trinajstić information content (AvgIpc) is 2.09. The molecular weight excluding hydrogens is 433 g/mol. The van der Waals surface area contributed by atoms with Crippen LogP contribution in [0.1, 0.15) is 0 Å². The van der Waals surface area contributed by atoms with E-state index >= 15 is 0 Å². The monoisotopic (exact) mass is 436 g/mol. The molecule has 0 aromatic rings. The Bertz CT molecular complexity index is 441. The van der Waals surface area contributed by atoms with Crippen LogP contribution < -0.4 is 0 Å². The lowest BCUT2D eigenvalue weighted by Gasteiger charge is -2.13. The molecule has 0 aromatic heterocycles. The van der Waals surface area contributed by atoms with E-state index in [-0.39, 0.29) is 0 Å². The van der Waals surface area contributed by atoms with Crippen molar-refractivity contribution in [3.05, 3.63) is 0 Å². The van der Waals surface area contributed by atoms with Crippen molar-refractivity contribution in [2.45, 2.75) is 7.59 Å². The molecule has 19 heavy (non-hydrogen) atoms. The van der Waals surface area contributed by atoms with E-state index in [0.717, 1.165) is 0 Å². The first-order valence-electron chi connectivity index (χ1n) is 4.00. The Kier molecular flexibility index (Phi) is 7.81. The molecule has 116 valence electrons. The largest absolute Gasteiger partial charge is 0.284 e. The van der Waals surface area contributed by atoms with Crippen LogP contribution in [0, 0.1) is 0 Å². The summed E-state index contributed by atoms with van der Waals surface area (Å²) in [4.78, 5) is 0. The van der Waals surface area contributed by atoms with E-state index in [4.69, 9.17) is 69.6 Å². The average molecular weight is 439 g/mol. The summed E-state index contributed by atoms with van der Waals surface area (Å²) in [5.74, 6) is 0. The molecule has 0 aliphatic carbocycles. The molecule has 14 heteroatoms. The zero-order valence-corrected chi connectivity index (χ0v) is 14.8. The molecule has 0 unspecified atom stereocenters. The zero-order valence-electron chi connectivity index (χ0n) is 8.66. The topological polar surface area (TPSA) is 86.7 Å². The minimum atomic E-state index is -4.54. The van der Waals surface area contributed by atoms with Crippen molar-refractivity contribution in [2.24, 2.45) is 0 Å². The third-order valence-electron chi connectivity index (χ3n) is 1.09. The number of hydrogen-bond donors (Lipinski definition) is 0. The normalized spacial score (nSPS) is 14.6. The van der Waals surface area contributed by atoms with Crippen LogP contribution in [0.25, 0.3) is 0 Å². The maximum absolute atomic E-state index is 11.3. The summed E-state index contributed by atoms with van der Waals surface area (Å²) in [6, 6.07) is 0. The lowest BCUT2D eigenvalue weighted by Crippen LogP contribution is -2.26. The van der Waals surface area contributed by atoms with Crippen LogP contribution in [0.5, 0.6) is 0 Å². The van der Waals surface area contributed by atoms with E-state index in [0.29, 0.717) is 0 Å². The van der Waals surface area contributed by atoms with E-state index in [9.17, 15) is 16.8 Å². The van der Waals surface area contributed by atoms with Crippen molar-refractivity contribution in [3.63, 3.8) is 0 Å². The first-order valence-corrected chi connectivity index (χ1v) is 9.42. The molecule has 6 nitrogen and oxygen atoms in total. The van der Waals surface area contributed by atoms with Gasteiger partial charge in [0, 0.05) is 0 Å². The van der Waals surface area contributed by atoms with E-state index in [2.05, 4.69) is 8.37 Å². The molecule has 0 aliphatic rings. The summed E-state index contributed by atoms with van der Waals surface area (Å²) < 4.78 is 49.4. The minimum absolute atomic E-state index is 0.861. The first kappa shape index (κ1) is 20.6. The highest BCUT2D eigenvalue weighted by Gasteiger charge is 2.31. The van der Waals surface area contributed by atoms with Crippen LogP contribution in [-0.4, -0.2) is 42.7 Å². The summed E-state index contributed by atoms with van der Waals surface area (Å²) in [7, 11) is -9.07. The third kappa shape index (κ3) is 13.0. The molecule has 0 N–H and O–H groups in total. The molecule has 0 aromatic carbocycles. The highest BCUT2D eigenvalue weighted by atomic mass is 35.6.